The normalized spacial score (nSPS) is 18.5. The predicted octanol–water partition coefficient (Wildman–Crippen LogP) is 4.00. The quantitative estimate of drug-likeness (QED) is 0.621. The van der Waals surface area contributed by atoms with Gasteiger partial charge in [-0.05, 0) is 50.2 Å². The smallest absolute Gasteiger partial charge is 0.272 e. The first-order valence-electron chi connectivity index (χ1n) is 11.3. The second-order valence-electron chi connectivity index (χ2n) is 8.60. The van der Waals surface area contributed by atoms with Crippen molar-refractivity contribution in [2.75, 3.05) is 26.3 Å². The van der Waals surface area contributed by atoms with Crippen molar-refractivity contribution < 1.29 is 14.1 Å². The molecule has 0 bridgehead atoms. The first-order chi connectivity index (χ1) is 15.3. The number of aromatic nitrogens is 3. The van der Waals surface area contributed by atoms with Gasteiger partial charge in [-0.1, -0.05) is 29.4 Å². The van der Waals surface area contributed by atoms with Gasteiger partial charge in [0, 0.05) is 44.0 Å². The number of para-hydroxylation sites is 1. The number of hydrogen-bond donors (Lipinski definition) is 0. The molecule has 31 heavy (non-hydrogen) atoms. The third-order valence-electron chi connectivity index (χ3n) is 6.55. The Kier molecular flexibility index (Phi) is 5.93. The number of ether oxygens (including phenoxy) is 1. The minimum absolute atomic E-state index is 0.0310. The average Bonchev–Trinajstić information content (AvgIpc) is 3.32. The van der Waals surface area contributed by atoms with Gasteiger partial charge >= 0.3 is 0 Å². The van der Waals surface area contributed by atoms with Crippen LogP contribution < -0.4 is 0 Å². The zero-order chi connectivity index (χ0) is 21.0. The lowest BCUT2D eigenvalue weighted by Gasteiger charge is -2.31. The van der Waals surface area contributed by atoms with Gasteiger partial charge in [-0.15, -0.1) is 0 Å². The maximum absolute atomic E-state index is 12.9. The van der Waals surface area contributed by atoms with Crippen LogP contribution in [0.2, 0.25) is 0 Å². The number of fused-ring (bicyclic) bond motifs is 1. The van der Waals surface area contributed by atoms with E-state index in [9.17, 15) is 4.79 Å². The first-order valence-corrected chi connectivity index (χ1v) is 11.3. The number of pyridine rings is 1. The molecule has 7 nitrogen and oxygen atoms in total. The maximum Gasteiger partial charge on any atom is 0.272 e. The summed E-state index contributed by atoms with van der Waals surface area (Å²) in [4.78, 5) is 24.0. The molecule has 2 saturated heterocycles. The Labute approximate surface area is 181 Å². The van der Waals surface area contributed by atoms with E-state index in [0.717, 1.165) is 87.4 Å². The van der Waals surface area contributed by atoms with E-state index in [-0.39, 0.29) is 5.91 Å². The molecule has 0 unspecified atom stereocenters. The van der Waals surface area contributed by atoms with Crippen molar-refractivity contribution in [2.24, 2.45) is 5.92 Å². The Morgan fingerprint density at radius 1 is 1.00 bits per heavy atom. The fourth-order valence-electron chi connectivity index (χ4n) is 4.58. The molecule has 2 aliphatic heterocycles. The summed E-state index contributed by atoms with van der Waals surface area (Å²) in [6.07, 6.45) is 5.79. The van der Waals surface area contributed by atoms with Crippen LogP contribution in [0.3, 0.4) is 0 Å². The molecule has 162 valence electrons. The fraction of sp³-hybridized carbons (Fsp3) is 0.500. The summed E-state index contributed by atoms with van der Waals surface area (Å²) in [6.45, 7) is 3.10. The number of hydrogen-bond acceptors (Lipinski definition) is 6. The Bertz CT molecular complexity index is 1040. The molecular weight excluding hydrogens is 392 g/mol. The molecule has 4 heterocycles. The summed E-state index contributed by atoms with van der Waals surface area (Å²) in [7, 11) is 0. The van der Waals surface area contributed by atoms with Crippen molar-refractivity contribution in [3.8, 4) is 0 Å². The Morgan fingerprint density at radius 3 is 2.65 bits per heavy atom. The standard InChI is InChI=1S/C24H28N4O3/c29-24(21-7-6-18-3-1-2-4-20(18)25-21)28-13-9-17(10-14-28)5-8-22-26-23(31-27-22)19-11-15-30-16-12-19/h1-4,6-7,17,19H,5,8-16H2. The second-order valence-corrected chi connectivity index (χ2v) is 8.60. The summed E-state index contributed by atoms with van der Waals surface area (Å²) in [5.41, 5.74) is 1.40. The van der Waals surface area contributed by atoms with Crippen LogP contribution in [-0.2, 0) is 11.2 Å². The van der Waals surface area contributed by atoms with Crippen molar-refractivity contribution in [1.29, 1.82) is 0 Å². The molecule has 1 amide bonds. The highest BCUT2D eigenvalue weighted by atomic mass is 16.5. The van der Waals surface area contributed by atoms with Crippen molar-refractivity contribution in [2.45, 2.75) is 44.4 Å². The molecule has 0 aliphatic carbocycles. The SMILES string of the molecule is O=C(c1ccc2ccccc2n1)N1CCC(CCc2noc(C3CCOCC3)n2)CC1. The number of rotatable bonds is 5. The van der Waals surface area contributed by atoms with Gasteiger partial charge in [-0.3, -0.25) is 4.79 Å². The molecule has 0 atom stereocenters. The van der Waals surface area contributed by atoms with E-state index in [1.165, 1.54) is 0 Å². The summed E-state index contributed by atoms with van der Waals surface area (Å²) < 4.78 is 10.9. The van der Waals surface area contributed by atoms with E-state index < -0.39 is 0 Å². The second kappa shape index (κ2) is 9.14. The Balaban J connectivity index is 1.12. The molecule has 0 spiro atoms. The van der Waals surface area contributed by atoms with Crippen LogP contribution in [-0.4, -0.2) is 52.2 Å². The van der Waals surface area contributed by atoms with Crippen molar-refractivity contribution in [3.63, 3.8) is 0 Å². The van der Waals surface area contributed by atoms with Gasteiger partial charge in [0.1, 0.15) is 5.69 Å². The zero-order valence-corrected chi connectivity index (χ0v) is 17.7. The lowest BCUT2D eigenvalue weighted by atomic mass is 9.92. The van der Waals surface area contributed by atoms with E-state index in [1.807, 2.05) is 41.3 Å². The third kappa shape index (κ3) is 4.61. The van der Waals surface area contributed by atoms with Crippen LogP contribution in [0.5, 0.6) is 0 Å². The van der Waals surface area contributed by atoms with Gasteiger partial charge in [0.25, 0.3) is 5.91 Å². The highest BCUT2D eigenvalue weighted by molar-refractivity contribution is 5.94. The number of aryl methyl sites for hydroxylation is 1. The van der Waals surface area contributed by atoms with Gasteiger partial charge in [-0.25, -0.2) is 4.98 Å². The number of amides is 1. The summed E-state index contributed by atoms with van der Waals surface area (Å²) in [6, 6.07) is 11.7. The predicted molar refractivity (Wildman–Crippen MR) is 116 cm³/mol. The lowest BCUT2D eigenvalue weighted by Crippen LogP contribution is -2.39. The van der Waals surface area contributed by atoms with Gasteiger partial charge < -0.3 is 14.2 Å². The molecule has 7 heteroatoms. The number of carbonyl (C=O) groups is 1. The number of nitrogens with zero attached hydrogens (tertiary/aromatic N) is 4. The first kappa shape index (κ1) is 20.1. The Morgan fingerprint density at radius 2 is 1.81 bits per heavy atom. The van der Waals surface area contributed by atoms with E-state index in [2.05, 4.69) is 15.1 Å². The van der Waals surface area contributed by atoms with Crippen molar-refractivity contribution >= 4 is 16.8 Å². The van der Waals surface area contributed by atoms with Gasteiger partial charge in [0.15, 0.2) is 5.82 Å². The minimum Gasteiger partial charge on any atom is -0.381 e. The van der Waals surface area contributed by atoms with Crippen molar-refractivity contribution in [3.05, 3.63) is 53.8 Å². The lowest BCUT2D eigenvalue weighted by molar-refractivity contribution is 0.0681. The summed E-state index contributed by atoms with van der Waals surface area (Å²) in [5, 5.41) is 5.24. The Hall–Kier alpha value is -2.80. The average molecular weight is 421 g/mol. The maximum atomic E-state index is 12.9. The molecule has 2 fully saturated rings. The van der Waals surface area contributed by atoms with E-state index >= 15 is 0 Å². The minimum atomic E-state index is 0.0310. The van der Waals surface area contributed by atoms with Crippen LogP contribution in [0.4, 0.5) is 0 Å². The third-order valence-corrected chi connectivity index (χ3v) is 6.55. The van der Waals surface area contributed by atoms with Crippen LogP contribution in [0.15, 0.2) is 40.9 Å². The fourth-order valence-corrected chi connectivity index (χ4v) is 4.58. The largest absolute Gasteiger partial charge is 0.381 e. The van der Waals surface area contributed by atoms with Gasteiger partial charge in [0.05, 0.1) is 5.52 Å². The molecule has 3 aromatic rings. The highest BCUT2D eigenvalue weighted by Gasteiger charge is 2.26. The van der Waals surface area contributed by atoms with Crippen LogP contribution in [0, 0.1) is 5.92 Å². The molecule has 2 aliphatic rings. The number of carbonyl (C=O) groups excluding carboxylic acids is 1. The van der Waals surface area contributed by atoms with E-state index in [0.29, 0.717) is 17.5 Å². The molecular formula is C24H28N4O3. The highest BCUT2D eigenvalue weighted by Crippen LogP contribution is 2.27. The van der Waals surface area contributed by atoms with E-state index in [1.54, 1.807) is 0 Å². The number of piperidine rings is 1. The number of likely N-dealkylation sites (tertiary alicyclic amines) is 1. The van der Waals surface area contributed by atoms with Crippen molar-refractivity contribution in [1.82, 2.24) is 20.0 Å². The zero-order valence-electron chi connectivity index (χ0n) is 17.7. The molecule has 5 rings (SSSR count). The number of benzene rings is 1. The van der Waals surface area contributed by atoms with E-state index in [4.69, 9.17) is 9.26 Å². The molecule has 0 N–H and O–H groups in total. The van der Waals surface area contributed by atoms with Crippen LogP contribution in [0.1, 0.15) is 60.2 Å². The topological polar surface area (TPSA) is 81.4 Å². The molecule has 1 aromatic carbocycles. The summed E-state index contributed by atoms with van der Waals surface area (Å²) in [5.74, 6) is 2.53. The molecule has 0 radical (unpaired) electrons. The van der Waals surface area contributed by atoms with Gasteiger partial charge in [-0.2, -0.15) is 4.98 Å². The van der Waals surface area contributed by atoms with Gasteiger partial charge in [0.2, 0.25) is 5.89 Å². The molecule has 0 saturated carbocycles. The monoisotopic (exact) mass is 420 g/mol. The van der Waals surface area contributed by atoms with Crippen LogP contribution in [0.25, 0.3) is 10.9 Å². The molecule has 2 aromatic heterocycles. The van der Waals surface area contributed by atoms with Crippen LogP contribution >= 0.6 is 0 Å². The summed E-state index contributed by atoms with van der Waals surface area (Å²) >= 11 is 0.